The number of amides is 2. The van der Waals surface area contributed by atoms with Gasteiger partial charge in [0.25, 0.3) is 0 Å². The molecule has 2 amide bonds. The van der Waals surface area contributed by atoms with Gasteiger partial charge in [-0.25, -0.2) is 4.90 Å². The Hall–Kier alpha value is -3.05. The Bertz CT molecular complexity index is 1160. The predicted octanol–water partition coefficient (Wildman–Crippen LogP) is 3.07. The van der Waals surface area contributed by atoms with Crippen LogP contribution < -0.4 is 4.90 Å². The SMILES string of the molecule is O=C1[C@@H]2[C@H]([C@@H]3[C@H]4C(=O)N(c5ccccc5)C(=O)[C@H]4[C@H]1N3Cc1ccccc1)[C@H]1C=C[C@@H]2C1. The maximum Gasteiger partial charge on any atom is 0.239 e. The largest absolute Gasteiger partial charge is 0.298 e. The number of hydrogen-bond donors (Lipinski definition) is 0. The normalized spacial score (nSPS) is 39.1. The number of nitrogens with zero attached hydrogens (tertiary/aromatic N) is 2. The highest BCUT2D eigenvalue weighted by molar-refractivity contribution is 6.24. The Kier molecular flexibility index (Phi) is 3.75. The summed E-state index contributed by atoms with van der Waals surface area (Å²) in [5, 5.41) is 0. The third-order valence-electron chi connectivity index (χ3n) is 8.60. The van der Waals surface area contributed by atoms with E-state index in [-0.39, 0.29) is 41.4 Å². The van der Waals surface area contributed by atoms with Gasteiger partial charge in [0.1, 0.15) is 0 Å². The number of imide groups is 1. The summed E-state index contributed by atoms with van der Waals surface area (Å²) in [7, 11) is 0. The Morgan fingerprint density at radius 3 is 2.16 bits per heavy atom. The van der Waals surface area contributed by atoms with E-state index in [0.717, 1.165) is 12.0 Å². The van der Waals surface area contributed by atoms with Gasteiger partial charge in [0.15, 0.2) is 5.78 Å². The minimum atomic E-state index is -0.575. The predicted molar refractivity (Wildman–Crippen MR) is 118 cm³/mol. The van der Waals surface area contributed by atoms with E-state index in [9.17, 15) is 14.4 Å². The fraction of sp³-hybridized carbons (Fsp3) is 0.370. The summed E-state index contributed by atoms with van der Waals surface area (Å²) in [6, 6.07) is 18.7. The molecule has 1 saturated carbocycles. The molecule has 4 fully saturated rings. The van der Waals surface area contributed by atoms with Crippen LogP contribution in [0.3, 0.4) is 0 Å². The van der Waals surface area contributed by atoms with Crippen molar-refractivity contribution in [3.05, 3.63) is 78.4 Å². The van der Waals surface area contributed by atoms with Crippen molar-refractivity contribution in [3.8, 4) is 0 Å². The van der Waals surface area contributed by atoms with Crippen molar-refractivity contribution in [2.24, 2.45) is 35.5 Å². The first-order valence-electron chi connectivity index (χ1n) is 11.6. The molecular weight excluding hydrogens is 400 g/mol. The molecule has 0 unspecified atom stereocenters. The zero-order valence-corrected chi connectivity index (χ0v) is 17.6. The van der Waals surface area contributed by atoms with Crippen LogP contribution in [0.15, 0.2) is 72.8 Å². The smallest absolute Gasteiger partial charge is 0.239 e. The first-order valence-corrected chi connectivity index (χ1v) is 11.6. The average molecular weight is 425 g/mol. The van der Waals surface area contributed by atoms with Crippen molar-refractivity contribution in [2.45, 2.75) is 25.0 Å². The Morgan fingerprint density at radius 1 is 0.750 bits per heavy atom. The number of rotatable bonds is 3. The molecule has 3 aliphatic heterocycles. The molecule has 2 aliphatic carbocycles. The summed E-state index contributed by atoms with van der Waals surface area (Å²) in [4.78, 5) is 45.0. The van der Waals surface area contributed by atoms with Crippen LogP contribution in [0, 0.1) is 35.5 Å². The fourth-order valence-electron chi connectivity index (χ4n) is 7.56. The van der Waals surface area contributed by atoms with E-state index in [0.29, 0.717) is 18.2 Å². The van der Waals surface area contributed by atoms with E-state index >= 15 is 0 Å². The Labute approximate surface area is 186 Å². The average Bonchev–Trinajstić information content (AvgIpc) is 3.54. The summed E-state index contributed by atoms with van der Waals surface area (Å²) in [6.45, 7) is 0.602. The number of carbonyl (C=O) groups is 3. The second-order valence-electron chi connectivity index (χ2n) is 9.95. The number of Topliss-reactive ketones (excluding diaryl/α,β-unsaturated/α-hetero) is 1. The minimum absolute atomic E-state index is 0.0385. The number of piperidine rings is 1. The molecule has 7 rings (SSSR count). The van der Waals surface area contributed by atoms with E-state index in [4.69, 9.17) is 0 Å². The first-order chi connectivity index (χ1) is 15.6. The number of ketones is 1. The lowest BCUT2D eigenvalue weighted by molar-refractivity contribution is -0.141. The van der Waals surface area contributed by atoms with Crippen molar-refractivity contribution in [2.75, 3.05) is 4.90 Å². The summed E-state index contributed by atoms with van der Waals surface area (Å²) in [5.41, 5.74) is 1.73. The third-order valence-corrected chi connectivity index (χ3v) is 8.60. The molecule has 4 bridgehead atoms. The zero-order chi connectivity index (χ0) is 21.6. The number of fused-ring (bicyclic) bond motifs is 11. The van der Waals surface area contributed by atoms with Crippen LogP contribution in [0.2, 0.25) is 0 Å². The fourth-order valence-corrected chi connectivity index (χ4v) is 7.56. The second-order valence-corrected chi connectivity index (χ2v) is 9.95. The molecule has 5 nitrogen and oxygen atoms in total. The maximum absolute atomic E-state index is 13.9. The Balaban J connectivity index is 1.35. The van der Waals surface area contributed by atoms with Crippen LogP contribution in [0.1, 0.15) is 12.0 Å². The number of anilines is 1. The molecule has 2 aromatic carbocycles. The summed E-state index contributed by atoms with van der Waals surface area (Å²) >= 11 is 0. The third kappa shape index (κ3) is 2.24. The van der Waals surface area contributed by atoms with Crippen LogP contribution in [-0.4, -0.2) is 34.6 Å². The molecule has 160 valence electrons. The van der Waals surface area contributed by atoms with E-state index in [1.807, 2.05) is 36.4 Å². The molecule has 3 saturated heterocycles. The number of hydrogen-bond acceptors (Lipinski definition) is 4. The van der Waals surface area contributed by atoms with Gasteiger partial charge in [-0.05, 0) is 41.9 Å². The van der Waals surface area contributed by atoms with Crippen molar-refractivity contribution < 1.29 is 14.4 Å². The number of benzene rings is 2. The molecule has 5 aliphatic rings. The highest BCUT2D eigenvalue weighted by Gasteiger charge is 2.72. The molecule has 0 radical (unpaired) electrons. The highest BCUT2D eigenvalue weighted by Crippen LogP contribution is 2.61. The number of allylic oxidation sites excluding steroid dienone is 2. The summed E-state index contributed by atoms with van der Waals surface area (Å²) in [5.74, 6) is -0.480. The standard InChI is InChI=1S/C27H24N2O3/c30-25-20-17-12-11-16(13-17)19(20)23-21-22(24(25)28(23)14-15-7-3-1-4-8-15)27(32)29(26(21)31)18-9-5-2-6-10-18/h1-12,16-17,19-24H,13-14H2/t16-,17+,19+,20-,21-,22+,23+,24+/m0/s1. The molecule has 0 aromatic heterocycles. The van der Waals surface area contributed by atoms with E-state index < -0.39 is 17.9 Å². The molecule has 5 heteroatoms. The molecule has 8 atom stereocenters. The topological polar surface area (TPSA) is 57.7 Å². The van der Waals surface area contributed by atoms with E-state index in [2.05, 4.69) is 29.2 Å². The zero-order valence-electron chi connectivity index (χ0n) is 17.6. The lowest BCUT2D eigenvalue weighted by Gasteiger charge is -2.46. The van der Waals surface area contributed by atoms with Gasteiger partial charge >= 0.3 is 0 Å². The maximum atomic E-state index is 13.9. The minimum Gasteiger partial charge on any atom is -0.298 e. The van der Waals surface area contributed by atoms with Gasteiger partial charge in [-0.2, -0.15) is 0 Å². The van der Waals surface area contributed by atoms with Gasteiger partial charge in [0.2, 0.25) is 11.8 Å². The molecule has 3 heterocycles. The van der Waals surface area contributed by atoms with E-state index in [1.165, 1.54) is 4.90 Å². The van der Waals surface area contributed by atoms with E-state index in [1.54, 1.807) is 12.1 Å². The monoisotopic (exact) mass is 424 g/mol. The van der Waals surface area contributed by atoms with Gasteiger partial charge in [-0.1, -0.05) is 60.7 Å². The van der Waals surface area contributed by atoms with Gasteiger partial charge in [0.05, 0.1) is 23.6 Å². The van der Waals surface area contributed by atoms with Crippen LogP contribution in [0.5, 0.6) is 0 Å². The lowest BCUT2D eigenvalue weighted by Crippen LogP contribution is -2.58. The van der Waals surface area contributed by atoms with Crippen molar-refractivity contribution in [1.29, 1.82) is 0 Å². The molecule has 0 spiro atoms. The molecular formula is C27H24N2O3. The quantitative estimate of drug-likeness (QED) is 0.561. The number of para-hydroxylation sites is 1. The second kappa shape index (κ2) is 6.48. The van der Waals surface area contributed by atoms with Crippen LogP contribution in [0.4, 0.5) is 5.69 Å². The van der Waals surface area contributed by atoms with Gasteiger partial charge in [0, 0.05) is 18.5 Å². The van der Waals surface area contributed by atoms with Gasteiger partial charge in [-0.15, -0.1) is 0 Å². The van der Waals surface area contributed by atoms with Crippen molar-refractivity contribution >= 4 is 23.3 Å². The van der Waals surface area contributed by atoms with Crippen LogP contribution >= 0.6 is 0 Å². The van der Waals surface area contributed by atoms with Crippen molar-refractivity contribution in [1.82, 2.24) is 4.90 Å². The molecule has 2 aromatic rings. The first kappa shape index (κ1) is 18.5. The van der Waals surface area contributed by atoms with Crippen LogP contribution in [-0.2, 0) is 20.9 Å². The number of carbonyl (C=O) groups excluding carboxylic acids is 3. The summed E-state index contributed by atoms with van der Waals surface area (Å²) in [6.07, 6.45) is 5.46. The molecule has 32 heavy (non-hydrogen) atoms. The van der Waals surface area contributed by atoms with Gasteiger partial charge < -0.3 is 0 Å². The highest BCUT2D eigenvalue weighted by atomic mass is 16.2. The van der Waals surface area contributed by atoms with Crippen LogP contribution in [0.25, 0.3) is 0 Å². The van der Waals surface area contributed by atoms with Gasteiger partial charge in [-0.3, -0.25) is 19.3 Å². The van der Waals surface area contributed by atoms with Crippen molar-refractivity contribution in [3.63, 3.8) is 0 Å². The lowest BCUT2D eigenvalue weighted by atomic mass is 9.71. The summed E-state index contributed by atoms with van der Waals surface area (Å²) < 4.78 is 0. The Morgan fingerprint density at radius 2 is 1.41 bits per heavy atom. The molecule has 0 N–H and O–H groups in total.